The largest absolute Gasteiger partial charge is 0.351 e. The summed E-state index contributed by atoms with van der Waals surface area (Å²) in [4.78, 5) is 11.7. The number of halogens is 3. The fourth-order valence-electron chi connectivity index (χ4n) is 1.75. The van der Waals surface area contributed by atoms with Gasteiger partial charge < -0.3 is 5.32 Å². The SMILES string of the molecule is O=C(CSCc1ccc(F)cc1Cl)NCc1ccc(F)cc1. The van der Waals surface area contributed by atoms with Crippen molar-refractivity contribution >= 4 is 29.3 Å². The van der Waals surface area contributed by atoms with Crippen LogP contribution in [0.5, 0.6) is 0 Å². The second kappa shape index (κ2) is 8.15. The van der Waals surface area contributed by atoms with Crippen molar-refractivity contribution in [1.29, 1.82) is 0 Å². The summed E-state index contributed by atoms with van der Waals surface area (Å²) in [7, 11) is 0. The maximum atomic E-state index is 12.9. The van der Waals surface area contributed by atoms with E-state index >= 15 is 0 Å². The van der Waals surface area contributed by atoms with Gasteiger partial charge in [-0.25, -0.2) is 8.78 Å². The Balaban J connectivity index is 1.72. The van der Waals surface area contributed by atoms with Crippen LogP contribution in [-0.4, -0.2) is 11.7 Å². The average Bonchev–Trinajstić information content (AvgIpc) is 2.49. The lowest BCUT2D eigenvalue weighted by Crippen LogP contribution is -2.24. The summed E-state index contributed by atoms with van der Waals surface area (Å²) < 4.78 is 25.7. The maximum absolute atomic E-state index is 12.9. The second-order valence-electron chi connectivity index (χ2n) is 4.63. The molecule has 2 rings (SSSR count). The van der Waals surface area contributed by atoms with Crippen molar-refractivity contribution in [2.75, 3.05) is 5.75 Å². The summed E-state index contributed by atoms with van der Waals surface area (Å²) in [5.74, 6) is 0.00277. The standard InChI is InChI=1S/C16H14ClF2NOS/c17-15-7-14(19)6-3-12(15)9-22-10-16(21)20-8-11-1-4-13(18)5-2-11/h1-7H,8-10H2,(H,20,21). The monoisotopic (exact) mass is 341 g/mol. The summed E-state index contributed by atoms with van der Waals surface area (Å²) in [5, 5.41) is 3.11. The Hall–Kier alpha value is -1.59. The van der Waals surface area contributed by atoms with Gasteiger partial charge in [0, 0.05) is 17.3 Å². The molecule has 2 aromatic rings. The van der Waals surface area contributed by atoms with E-state index in [1.807, 2.05) is 0 Å². The fourth-order valence-corrected chi connectivity index (χ4v) is 2.92. The van der Waals surface area contributed by atoms with Gasteiger partial charge in [-0.1, -0.05) is 29.8 Å². The van der Waals surface area contributed by atoms with Crippen molar-refractivity contribution < 1.29 is 13.6 Å². The molecule has 1 amide bonds. The van der Waals surface area contributed by atoms with Crippen molar-refractivity contribution in [2.45, 2.75) is 12.3 Å². The van der Waals surface area contributed by atoms with Crippen molar-refractivity contribution in [3.8, 4) is 0 Å². The third-order valence-electron chi connectivity index (χ3n) is 2.91. The molecule has 0 aromatic heterocycles. The molecule has 0 aliphatic heterocycles. The molecule has 0 heterocycles. The summed E-state index contributed by atoms with van der Waals surface area (Å²) in [6.45, 7) is 0.358. The molecular formula is C16H14ClF2NOS. The Kier molecular flexibility index (Phi) is 6.21. The predicted octanol–water partition coefficient (Wildman–Crippen LogP) is 4.17. The lowest BCUT2D eigenvalue weighted by molar-refractivity contribution is -0.118. The Bertz CT molecular complexity index is 649. The Labute approximate surface area is 136 Å². The first-order valence-electron chi connectivity index (χ1n) is 6.57. The number of benzene rings is 2. The van der Waals surface area contributed by atoms with Crippen LogP contribution in [0, 0.1) is 11.6 Å². The van der Waals surface area contributed by atoms with E-state index < -0.39 is 0 Å². The number of thioether (sulfide) groups is 1. The number of amides is 1. The molecular weight excluding hydrogens is 328 g/mol. The lowest BCUT2D eigenvalue weighted by Gasteiger charge is -2.06. The number of hydrogen-bond donors (Lipinski definition) is 1. The first kappa shape index (κ1) is 16.8. The molecule has 0 atom stereocenters. The minimum absolute atomic E-state index is 0.118. The van der Waals surface area contributed by atoms with Gasteiger partial charge in [0.15, 0.2) is 0 Å². The smallest absolute Gasteiger partial charge is 0.230 e. The van der Waals surface area contributed by atoms with Gasteiger partial charge >= 0.3 is 0 Å². The molecule has 0 saturated carbocycles. The highest BCUT2D eigenvalue weighted by atomic mass is 35.5. The number of nitrogens with one attached hydrogen (secondary N) is 1. The van der Waals surface area contributed by atoms with Crippen molar-refractivity contribution in [1.82, 2.24) is 5.32 Å². The van der Waals surface area contributed by atoms with Crippen LogP contribution in [0.3, 0.4) is 0 Å². The van der Waals surface area contributed by atoms with Crippen molar-refractivity contribution in [3.05, 3.63) is 70.2 Å². The number of carbonyl (C=O) groups is 1. The lowest BCUT2D eigenvalue weighted by atomic mass is 10.2. The van der Waals surface area contributed by atoms with Crippen LogP contribution in [0.15, 0.2) is 42.5 Å². The Morgan fingerprint density at radius 3 is 2.45 bits per heavy atom. The molecule has 0 bridgehead atoms. The molecule has 116 valence electrons. The molecule has 0 saturated heterocycles. The van der Waals surface area contributed by atoms with Crippen LogP contribution < -0.4 is 5.32 Å². The summed E-state index contributed by atoms with van der Waals surface area (Å²) in [6, 6.07) is 10.2. The normalized spacial score (nSPS) is 10.5. The molecule has 2 aromatic carbocycles. The predicted molar refractivity (Wildman–Crippen MR) is 85.8 cm³/mol. The molecule has 0 aliphatic rings. The zero-order valence-corrected chi connectivity index (χ0v) is 13.2. The third-order valence-corrected chi connectivity index (χ3v) is 4.24. The van der Waals surface area contributed by atoms with Crippen molar-refractivity contribution in [2.24, 2.45) is 0 Å². The van der Waals surface area contributed by atoms with Gasteiger partial charge in [-0.3, -0.25) is 4.79 Å². The first-order chi connectivity index (χ1) is 10.5. The topological polar surface area (TPSA) is 29.1 Å². The van der Waals surface area contributed by atoms with Crippen LogP contribution in [0.2, 0.25) is 5.02 Å². The van der Waals surface area contributed by atoms with Crippen LogP contribution in [-0.2, 0) is 17.1 Å². The quantitative estimate of drug-likeness (QED) is 0.854. The van der Waals surface area contributed by atoms with E-state index in [0.717, 1.165) is 11.1 Å². The fraction of sp³-hybridized carbons (Fsp3) is 0.188. The highest BCUT2D eigenvalue weighted by Crippen LogP contribution is 2.22. The van der Waals surface area contributed by atoms with Crippen molar-refractivity contribution in [3.63, 3.8) is 0 Å². The highest BCUT2D eigenvalue weighted by Gasteiger charge is 2.05. The van der Waals surface area contributed by atoms with Crippen LogP contribution in [0.25, 0.3) is 0 Å². The molecule has 0 aliphatic carbocycles. The van der Waals surface area contributed by atoms with E-state index in [2.05, 4.69) is 5.32 Å². The third kappa shape index (κ3) is 5.31. The van der Waals surface area contributed by atoms with Gasteiger partial charge in [0.25, 0.3) is 0 Å². The van der Waals surface area contributed by atoms with Crippen LogP contribution in [0.1, 0.15) is 11.1 Å². The van der Waals surface area contributed by atoms with E-state index in [9.17, 15) is 13.6 Å². The van der Waals surface area contributed by atoms with Gasteiger partial charge in [-0.05, 0) is 35.4 Å². The van der Waals surface area contributed by atoms with E-state index in [1.54, 1.807) is 18.2 Å². The second-order valence-corrected chi connectivity index (χ2v) is 6.02. The Morgan fingerprint density at radius 1 is 1.09 bits per heavy atom. The molecule has 0 unspecified atom stereocenters. The minimum Gasteiger partial charge on any atom is -0.351 e. The molecule has 2 nitrogen and oxygen atoms in total. The van der Waals surface area contributed by atoms with Gasteiger partial charge in [-0.2, -0.15) is 0 Å². The molecule has 0 radical (unpaired) electrons. The molecule has 6 heteroatoms. The number of carbonyl (C=O) groups excluding carboxylic acids is 1. The minimum atomic E-state index is -0.379. The highest BCUT2D eigenvalue weighted by molar-refractivity contribution is 7.99. The zero-order chi connectivity index (χ0) is 15.9. The van der Waals surface area contributed by atoms with Crippen LogP contribution in [0.4, 0.5) is 8.78 Å². The summed E-state index contributed by atoms with van der Waals surface area (Å²) in [5.41, 5.74) is 1.63. The maximum Gasteiger partial charge on any atom is 0.230 e. The number of rotatable bonds is 6. The first-order valence-corrected chi connectivity index (χ1v) is 8.10. The number of hydrogen-bond acceptors (Lipinski definition) is 2. The van der Waals surface area contributed by atoms with E-state index in [4.69, 9.17) is 11.6 Å². The van der Waals surface area contributed by atoms with Gasteiger partial charge in [0.2, 0.25) is 5.91 Å². The van der Waals surface area contributed by atoms with E-state index in [0.29, 0.717) is 17.3 Å². The summed E-state index contributed by atoms with van der Waals surface area (Å²) >= 11 is 7.31. The average molecular weight is 342 g/mol. The van der Waals surface area contributed by atoms with Gasteiger partial charge in [0.05, 0.1) is 5.75 Å². The van der Waals surface area contributed by atoms with Gasteiger partial charge in [-0.15, -0.1) is 11.8 Å². The van der Waals surface area contributed by atoms with Crippen LogP contribution >= 0.6 is 23.4 Å². The summed E-state index contributed by atoms with van der Waals surface area (Å²) in [6.07, 6.45) is 0. The van der Waals surface area contributed by atoms with E-state index in [1.165, 1.54) is 36.0 Å². The van der Waals surface area contributed by atoms with E-state index in [-0.39, 0.29) is 23.3 Å². The molecule has 0 fully saturated rings. The van der Waals surface area contributed by atoms with Gasteiger partial charge in [0.1, 0.15) is 11.6 Å². The zero-order valence-electron chi connectivity index (χ0n) is 11.6. The molecule has 1 N–H and O–H groups in total. The molecule has 0 spiro atoms. The molecule has 22 heavy (non-hydrogen) atoms. The Morgan fingerprint density at radius 2 is 1.77 bits per heavy atom.